The quantitative estimate of drug-likeness (QED) is 0.194. The number of ether oxygens (including phenoxy) is 2. The number of benzene rings is 2. The molecule has 0 spiro atoms. The Kier molecular flexibility index (Phi) is 5.77. The van der Waals surface area contributed by atoms with Crippen LogP contribution < -0.4 is 20.1 Å². The molecule has 12 heteroatoms. The van der Waals surface area contributed by atoms with Gasteiger partial charge in [-0.3, -0.25) is 4.90 Å². The molecule has 232 valence electrons. The van der Waals surface area contributed by atoms with Crippen molar-refractivity contribution >= 4 is 54.7 Å². The molecule has 2 aromatic heterocycles. The Bertz CT molecular complexity index is 2150. The maximum Gasteiger partial charge on any atom is 0.319 e. The van der Waals surface area contributed by atoms with Crippen LogP contribution in [0.1, 0.15) is 37.7 Å². The van der Waals surface area contributed by atoms with Crippen LogP contribution >= 0.6 is 22.9 Å². The Morgan fingerprint density at radius 3 is 2.83 bits per heavy atom. The summed E-state index contributed by atoms with van der Waals surface area (Å²) in [5.74, 6) is 2.61. The lowest BCUT2D eigenvalue weighted by Crippen LogP contribution is -2.44. The first-order valence-corrected chi connectivity index (χ1v) is 16.5. The zero-order valence-corrected chi connectivity index (χ0v) is 26.2. The fourth-order valence-electron chi connectivity index (χ4n) is 8.10. The van der Waals surface area contributed by atoms with Gasteiger partial charge in [-0.05, 0) is 56.2 Å². The number of nitriles is 1. The Morgan fingerprint density at radius 2 is 2.09 bits per heavy atom. The van der Waals surface area contributed by atoms with E-state index in [2.05, 4.69) is 27.3 Å². The molecule has 2 N–H and O–H groups in total. The van der Waals surface area contributed by atoms with Crippen LogP contribution in [0, 0.1) is 41.2 Å². The molecule has 1 unspecified atom stereocenters. The first-order chi connectivity index (χ1) is 22.2. The van der Waals surface area contributed by atoms with Crippen molar-refractivity contribution in [3.8, 4) is 41.3 Å². The number of thiophene rings is 1. The van der Waals surface area contributed by atoms with Crippen LogP contribution in [0.5, 0.6) is 11.8 Å². The zero-order chi connectivity index (χ0) is 31.7. The minimum Gasteiger partial charge on any atom is -0.488 e. The molecule has 4 aromatic rings. The van der Waals surface area contributed by atoms with Crippen LogP contribution in [0.25, 0.3) is 32.1 Å². The summed E-state index contributed by atoms with van der Waals surface area (Å²) in [5.41, 5.74) is 7.03. The number of terminal acetylenes is 1. The number of nitrogens with zero attached hydrogens (tertiary/aromatic N) is 5. The highest BCUT2D eigenvalue weighted by atomic mass is 35.5. The van der Waals surface area contributed by atoms with Gasteiger partial charge in [0.2, 0.25) is 0 Å². The van der Waals surface area contributed by atoms with Gasteiger partial charge in [-0.25, -0.2) is 8.78 Å². The van der Waals surface area contributed by atoms with E-state index in [0.717, 1.165) is 62.1 Å². The van der Waals surface area contributed by atoms with Gasteiger partial charge in [0.1, 0.15) is 47.5 Å². The van der Waals surface area contributed by atoms with Crippen molar-refractivity contribution in [1.82, 2.24) is 14.9 Å². The van der Waals surface area contributed by atoms with E-state index < -0.39 is 17.7 Å². The van der Waals surface area contributed by atoms with Crippen LogP contribution in [0.15, 0.2) is 24.3 Å². The van der Waals surface area contributed by atoms with Gasteiger partial charge in [-0.1, -0.05) is 35.7 Å². The molecule has 2 aromatic carbocycles. The number of nitrogen functional groups attached to an aromatic ring is 1. The molecule has 2 saturated heterocycles. The van der Waals surface area contributed by atoms with E-state index in [9.17, 15) is 9.65 Å². The van der Waals surface area contributed by atoms with Gasteiger partial charge in [0.15, 0.2) is 11.6 Å². The average Bonchev–Trinajstić information content (AvgIpc) is 3.77. The Hall–Kier alpha value is -4.16. The minimum atomic E-state index is -0.767. The SMILES string of the molecule is C#CC1COc2c(Cl)c(-c3ccc(F)c4sc(N)c(C#N)c34)c(F)c3nc(OC[C@@]45CCCN4CC(=C)C5)nc(c23)N1C12CC1C2. The van der Waals surface area contributed by atoms with Gasteiger partial charge in [0.25, 0.3) is 0 Å². The largest absolute Gasteiger partial charge is 0.488 e. The highest BCUT2D eigenvalue weighted by Gasteiger charge is 2.74. The molecule has 8 nitrogen and oxygen atoms in total. The number of nitrogens with two attached hydrogens (primary N) is 1. The van der Waals surface area contributed by atoms with E-state index in [-0.39, 0.29) is 71.8 Å². The molecule has 5 aliphatic rings. The summed E-state index contributed by atoms with van der Waals surface area (Å²) >= 11 is 7.97. The summed E-state index contributed by atoms with van der Waals surface area (Å²) < 4.78 is 45.0. The van der Waals surface area contributed by atoms with E-state index >= 15 is 4.39 Å². The van der Waals surface area contributed by atoms with Crippen molar-refractivity contribution < 1.29 is 18.3 Å². The van der Waals surface area contributed by atoms with Crippen LogP contribution in [0.4, 0.5) is 19.6 Å². The van der Waals surface area contributed by atoms with Crippen molar-refractivity contribution in [2.75, 3.05) is 36.9 Å². The number of fused-ring (bicyclic) bond motifs is 3. The Balaban J connectivity index is 1.28. The smallest absolute Gasteiger partial charge is 0.319 e. The molecule has 9 rings (SSSR count). The van der Waals surface area contributed by atoms with Gasteiger partial charge < -0.3 is 20.1 Å². The predicted molar refractivity (Wildman–Crippen MR) is 173 cm³/mol. The molecule has 4 fully saturated rings. The third-order valence-corrected chi connectivity index (χ3v) is 12.0. The summed E-state index contributed by atoms with van der Waals surface area (Å²) in [7, 11) is 0. The van der Waals surface area contributed by atoms with Crippen LogP contribution in [0.2, 0.25) is 5.02 Å². The Morgan fingerprint density at radius 1 is 1.28 bits per heavy atom. The fraction of sp³-hybridized carbons (Fsp3) is 0.382. The maximum absolute atomic E-state index is 17.2. The minimum absolute atomic E-state index is 0.0259. The molecule has 0 bridgehead atoms. The van der Waals surface area contributed by atoms with Crippen LogP contribution in [-0.4, -0.2) is 58.3 Å². The molecule has 0 amide bonds. The van der Waals surface area contributed by atoms with Gasteiger partial charge in [0.05, 0.1) is 26.2 Å². The van der Waals surface area contributed by atoms with E-state index in [1.54, 1.807) is 0 Å². The summed E-state index contributed by atoms with van der Waals surface area (Å²) in [5, 5.41) is 10.5. The monoisotopic (exact) mass is 656 g/mol. The molecule has 46 heavy (non-hydrogen) atoms. The molecular formula is C34H27ClF2N6O2S. The number of halogens is 3. The summed E-state index contributed by atoms with van der Waals surface area (Å²) in [6.07, 6.45) is 10.8. The highest BCUT2D eigenvalue weighted by molar-refractivity contribution is 7.23. The maximum atomic E-state index is 17.2. The lowest BCUT2D eigenvalue weighted by atomic mass is 9.94. The summed E-state index contributed by atoms with van der Waals surface area (Å²) in [6, 6.07) is 4.20. The van der Waals surface area contributed by atoms with Gasteiger partial charge in [-0.2, -0.15) is 15.2 Å². The number of hydrogen-bond acceptors (Lipinski definition) is 9. The van der Waals surface area contributed by atoms with Gasteiger partial charge in [-0.15, -0.1) is 17.8 Å². The molecular weight excluding hydrogens is 630 g/mol. The highest BCUT2D eigenvalue weighted by Crippen LogP contribution is 2.72. The van der Waals surface area contributed by atoms with Gasteiger partial charge >= 0.3 is 6.01 Å². The number of hydrogen-bond donors (Lipinski definition) is 1. The van der Waals surface area contributed by atoms with Crippen molar-refractivity contribution in [2.24, 2.45) is 5.92 Å². The Labute approximate surface area is 272 Å². The van der Waals surface area contributed by atoms with Crippen molar-refractivity contribution in [2.45, 2.75) is 49.2 Å². The molecule has 2 atom stereocenters. The number of anilines is 2. The molecule has 5 heterocycles. The first-order valence-electron chi connectivity index (χ1n) is 15.3. The lowest BCUT2D eigenvalue weighted by molar-refractivity contribution is 0.108. The van der Waals surface area contributed by atoms with E-state index in [4.69, 9.17) is 38.2 Å². The molecule has 2 aliphatic carbocycles. The van der Waals surface area contributed by atoms with Crippen molar-refractivity contribution in [1.29, 1.82) is 5.26 Å². The zero-order valence-electron chi connectivity index (χ0n) is 24.6. The molecule has 0 radical (unpaired) electrons. The second-order valence-electron chi connectivity index (χ2n) is 13.2. The third kappa shape index (κ3) is 3.68. The van der Waals surface area contributed by atoms with Crippen molar-refractivity contribution in [3.05, 3.63) is 46.5 Å². The molecule has 3 aliphatic heterocycles. The van der Waals surface area contributed by atoms with E-state index in [1.165, 1.54) is 12.1 Å². The van der Waals surface area contributed by atoms with Gasteiger partial charge in [0, 0.05) is 23.0 Å². The predicted octanol–water partition coefficient (Wildman–Crippen LogP) is 6.43. The van der Waals surface area contributed by atoms with E-state index in [0.29, 0.717) is 23.7 Å². The van der Waals surface area contributed by atoms with Crippen LogP contribution in [0.3, 0.4) is 0 Å². The fourth-order valence-corrected chi connectivity index (χ4v) is 9.38. The van der Waals surface area contributed by atoms with Crippen molar-refractivity contribution in [3.63, 3.8) is 0 Å². The van der Waals surface area contributed by atoms with Crippen LogP contribution in [-0.2, 0) is 0 Å². The first kappa shape index (κ1) is 28.1. The normalized spacial score (nSPS) is 27.6. The molecule has 2 saturated carbocycles. The van der Waals surface area contributed by atoms with E-state index in [1.807, 2.05) is 6.07 Å². The lowest BCUT2D eigenvalue weighted by Gasteiger charge is -2.32. The standard InChI is InChI=1S/C34H27ClF2N6O2S/c1-3-18-14-44-28-24-27(26(37)23(25(28)35)19-5-6-21(36)29-22(19)20(12-38)30(39)46-29)40-32(41-31(24)43(18)34-10-17(34)11-34)45-15-33-7-4-8-42(33)13-16(2)9-33/h1,5-6,17-18H,2,4,7-11,13-15,39H2/t17?,18?,33-,34?/m0/s1. The second kappa shape index (κ2) is 9.45. The average molecular weight is 657 g/mol. The summed E-state index contributed by atoms with van der Waals surface area (Å²) in [4.78, 5) is 14.1. The number of aromatic nitrogens is 2. The third-order valence-electron chi connectivity index (χ3n) is 10.6. The number of rotatable bonds is 5. The second-order valence-corrected chi connectivity index (χ2v) is 14.6. The topological polar surface area (TPSA) is 101 Å². The summed E-state index contributed by atoms with van der Waals surface area (Å²) in [6.45, 7) is 6.43.